The third-order valence-corrected chi connectivity index (χ3v) is 2.29. The maximum absolute atomic E-state index is 12.0. The Morgan fingerprint density at radius 3 is 2.12 bits per heavy atom. The van der Waals surface area contributed by atoms with Crippen molar-refractivity contribution in [3.05, 3.63) is 7.43 Å². The van der Waals surface area contributed by atoms with Gasteiger partial charge in [0.25, 0.3) is 0 Å². The summed E-state index contributed by atoms with van der Waals surface area (Å²) in [5.41, 5.74) is 0. The Bertz CT molecular complexity index is 253. The van der Waals surface area contributed by atoms with Crippen LogP contribution in [0.25, 0.3) is 0 Å². The first-order chi connectivity index (χ1) is 6.95. The van der Waals surface area contributed by atoms with Crippen LogP contribution in [-0.2, 0) is 35.4 Å². The predicted octanol–water partition coefficient (Wildman–Crippen LogP) is 0.644. The van der Waals surface area contributed by atoms with E-state index in [0.717, 1.165) is 4.90 Å². The average molecular weight is 283 g/mol. The third-order valence-electron chi connectivity index (χ3n) is 2.29. The third kappa shape index (κ3) is 5.65. The molecule has 0 aliphatic carbocycles. The zero-order valence-corrected chi connectivity index (χ0v) is 11.2. The van der Waals surface area contributed by atoms with Crippen LogP contribution in [0.15, 0.2) is 0 Å². The topological polar surface area (TPSA) is 49.4 Å². The van der Waals surface area contributed by atoms with Gasteiger partial charge in [-0.05, 0) is 12.8 Å². The summed E-state index contributed by atoms with van der Waals surface area (Å²) in [7, 11) is 0. The van der Waals surface area contributed by atoms with Crippen molar-refractivity contribution < 1.29 is 48.6 Å². The second kappa shape index (κ2) is 7.84. The first-order valence-corrected chi connectivity index (χ1v) is 4.44. The quantitative estimate of drug-likeness (QED) is 0.597. The summed E-state index contributed by atoms with van der Waals surface area (Å²) in [6.45, 7) is 0.0232. The van der Waals surface area contributed by atoms with Gasteiger partial charge in [0.15, 0.2) is 0 Å². The fourth-order valence-electron chi connectivity index (χ4n) is 1.49. The Morgan fingerprint density at radius 2 is 1.76 bits per heavy atom. The van der Waals surface area contributed by atoms with Crippen molar-refractivity contribution in [1.82, 2.24) is 10.2 Å². The molecule has 1 heterocycles. The molecule has 0 aromatic carbocycles. The van der Waals surface area contributed by atoms with Crippen LogP contribution in [0, 0.1) is 7.43 Å². The standard InChI is InChI=1S/C8H10F3N2O2.CH3.Sc/c9-8(10,11)7(15)13-3-1-6(2-4-13)12-5-14;;/h6H,1-4H2,(H,12,14);1H3;/q2*-1;. The second-order valence-corrected chi connectivity index (χ2v) is 3.31. The molecule has 0 aromatic rings. The summed E-state index contributed by atoms with van der Waals surface area (Å²) in [6, 6.07) is -0.181. The summed E-state index contributed by atoms with van der Waals surface area (Å²) in [5, 5.41) is 2.36. The molecule has 0 spiro atoms. The minimum atomic E-state index is -4.81. The molecule has 0 aromatic heterocycles. The van der Waals surface area contributed by atoms with Crippen molar-refractivity contribution in [3.8, 4) is 0 Å². The van der Waals surface area contributed by atoms with Gasteiger partial charge in [-0.1, -0.05) is 0 Å². The van der Waals surface area contributed by atoms with E-state index in [4.69, 9.17) is 0 Å². The van der Waals surface area contributed by atoms with E-state index in [9.17, 15) is 22.8 Å². The van der Waals surface area contributed by atoms with Gasteiger partial charge >= 0.3 is 12.1 Å². The van der Waals surface area contributed by atoms with Crippen LogP contribution >= 0.6 is 0 Å². The summed E-state index contributed by atoms with van der Waals surface area (Å²) in [4.78, 5) is 21.5. The minimum Gasteiger partial charge on any atom is -0.527 e. The Hall–Kier alpha value is -0.400. The molecule has 0 bridgehead atoms. The molecule has 0 unspecified atom stereocenters. The Balaban J connectivity index is 0. The molecule has 1 fully saturated rings. The van der Waals surface area contributed by atoms with Crippen LogP contribution in [0.5, 0.6) is 0 Å². The largest absolute Gasteiger partial charge is 0.527 e. The van der Waals surface area contributed by atoms with Crippen LogP contribution < -0.4 is 5.32 Å². The molecule has 8 heteroatoms. The van der Waals surface area contributed by atoms with Gasteiger partial charge in [0.05, 0.1) is 0 Å². The molecule has 1 aliphatic heterocycles. The van der Waals surface area contributed by atoms with Crippen LogP contribution in [0.4, 0.5) is 13.2 Å². The maximum atomic E-state index is 12.0. The number of amides is 2. The molecule has 1 radical (unpaired) electrons. The number of alkyl halides is 3. The normalized spacial score (nSPS) is 16.5. The van der Waals surface area contributed by atoms with Gasteiger partial charge in [-0.3, -0.25) is 4.79 Å². The van der Waals surface area contributed by atoms with Crippen molar-refractivity contribution in [1.29, 1.82) is 0 Å². The van der Waals surface area contributed by atoms with Crippen LogP contribution in [-0.4, -0.2) is 42.5 Å². The SMILES string of the molecule is O=[C-]NC1CCN(C(=O)C(F)(F)F)CC1.[CH3-].[Sc]. The number of piperidine rings is 1. The van der Waals surface area contributed by atoms with Crippen molar-refractivity contribution in [2.24, 2.45) is 0 Å². The van der Waals surface area contributed by atoms with Crippen molar-refractivity contribution in [2.75, 3.05) is 13.1 Å². The van der Waals surface area contributed by atoms with E-state index < -0.39 is 12.1 Å². The molecule has 1 rings (SSSR count). The van der Waals surface area contributed by atoms with Crippen molar-refractivity contribution in [2.45, 2.75) is 25.1 Å². The van der Waals surface area contributed by atoms with E-state index in [1.165, 1.54) is 6.41 Å². The number of halogens is 3. The zero-order chi connectivity index (χ0) is 11.5. The predicted molar refractivity (Wildman–Crippen MR) is 50.9 cm³/mol. The van der Waals surface area contributed by atoms with Gasteiger partial charge in [0, 0.05) is 45.0 Å². The number of likely N-dealkylation sites (tertiary alicyclic amines) is 1. The van der Waals surface area contributed by atoms with Gasteiger partial charge in [0.1, 0.15) is 0 Å². The molecular formula is C9H13F3N2O2Sc-2. The molecule has 2 amide bonds. The first kappa shape index (κ1) is 19.0. The molecule has 17 heavy (non-hydrogen) atoms. The van der Waals surface area contributed by atoms with Gasteiger partial charge in [-0.25, -0.2) is 0 Å². The molecule has 1 aliphatic rings. The molecule has 1 saturated heterocycles. The summed E-state index contributed by atoms with van der Waals surface area (Å²) >= 11 is 0. The number of hydrogen-bond donors (Lipinski definition) is 1. The Kier molecular flexibility index (Phi) is 8.74. The minimum absolute atomic E-state index is 0. The van der Waals surface area contributed by atoms with Crippen molar-refractivity contribution in [3.63, 3.8) is 0 Å². The van der Waals surface area contributed by atoms with Crippen LogP contribution in [0.3, 0.4) is 0 Å². The van der Waals surface area contributed by atoms with Gasteiger partial charge in [-0.2, -0.15) is 19.6 Å². The molecule has 1 N–H and O–H groups in total. The van der Waals surface area contributed by atoms with E-state index in [-0.39, 0.29) is 52.4 Å². The Labute approximate surface area is 117 Å². The fraction of sp³-hybridized carbons (Fsp3) is 0.667. The number of carbonyl (C=O) groups excluding carboxylic acids is 2. The monoisotopic (exact) mass is 283 g/mol. The van der Waals surface area contributed by atoms with E-state index in [1.54, 1.807) is 0 Å². The summed E-state index contributed by atoms with van der Waals surface area (Å²) in [6.07, 6.45) is -2.66. The maximum Gasteiger partial charge on any atom is 0.471 e. The molecular weight excluding hydrogens is 270 g/mol. The van der Waals surface area contributed by atoms with Gasteiger partial charge in [0.2, 0.25) is 0 Å². The van der Waals surface area contributed by atoms with Crippen LogP contribution in [0.1, 0.15) is 12.8 Å². The van der Waals surface area contributed by atoms with Crippen molar-refractivity contribution >= 4 is 12.3 Å². The number of nitrogens with zero attached hydrogens (tertiary/aromatic N) is 1. The smallest absolute Gasteiger partial charge is 0.471 e. The Morgan fingerprint density at radius 1 is 1.29 bits per heavy atom. The number of nitrogens with one attached hydrogen (secondary N) is 1. The molecule has 0 atom stereocenters. The first-order valence-electron chi connectivity index (χ1n) is 4.44. The number of rotatable bonds is 2. The molecule has 4 nitrogen and oxygen atoms in total. The van der Waals surface area contributed by atoms with Crippen LogP contribution in [0.2, 0.25) is 0 Å². The number of hydrogen-bond acceptors (Lipinski definition) is 2. The average Bonchev–Trinajstić information content (AvgIpc) is 2.17. The van der Waals surface area contributed by atoms with Gasteiger partial charge in [-0.15, -0.1) is 0 Å². The van der Waals surface area contributed by atoms with E-state index in [0.29, 0.717) is 12.8 Å². The summed E-state index contributed by atoms with van der Waals surface area (Å²) < 4.78 is 36.0. The molecule has 0 saturated carbocycles. The van der Waals surface area contributed by atoms with E-state index >= 15 is 0 Å². The number of carbonyl (C=O) groups is 1. The fourth-order valence-corrected chi connectivity index (χ4v) is 1.49. The van der Waals surface area contributed by atoms with E-state index in [2.05, 4.69) is 5.32 Å². The van der Waals surface area contributed by atoms with E-state index in [1.807, 2.05) is 0 Å². The summed E-state index contributed by atoms with van der Waals surface area (Å²) in [5.74, 6) is -1.81. The second-order valence-electron chi connectivity index (χ2n) is 3.31. The van der Waals surface area contributed by atoms with Gasteiger partial charge < -0.3 is 22.4 Å². The molecule has 97 valence electrons. The zero-order valence-electron chi connectivity index (χ0n) is 9.38.